The monoisotopic (exact) mass is 423 g/mol. The van der Waals surface area contributed by atoms with Gasteiger partial charge in [-0.1, -0.05) is 0 Å². The van der Waals surface area contributed by atoms with E-state index in [-0.39, 0.29) is 16.1 Å². The molecule has 0 fully saturated rings. The van der Waals surface area contributed by atoms with Crippen LogP contribution in [0.2, 0.25) is 0 Å². The highest BCUT2D eigenvalue weighted by molar-refractivity contribution is 7.19. The molecule has 2 heterocycles. The van der Waals surface area contributed by atoms with Crippen LogP contribution < -0.4 is 9.47 Å². The van der Waals surface area contributed by atoms with Crippen molar-refractivity contribution in [1.82, 2.24) is 9.97 Å². The summed E-state index contributed by atoms with van der Waals surface area (Å²) in [7, 11) is 3.09. The molecule has 0 aliphatic rings. The Hall–Kier alpha value is -2.85. The molecule has 4 aromatic rings. The van der Waals surface area contributed by atoms with Crippen molar-refractivity contribution in [3.63, 3.8) is 0 Å². The first kappa shape index (κ1) is 21.5. The molecular weight excluding hydrogens is 405 g/mol. The number of rotatable bonds is 3. The van der Waals surface area contributed by atoms with Crippen LogP contribution in [-0.4, -0.2) is 29.1 Å². The van der Waals surface area contributed by atoms with Crippen molar-refractivity contribution in [2.24, 2.45) is 0 Å². The number of nitro benzene ring substituents is 1. The Morgan fingerprint density at radius 3 is 2.25 bits per heavy atom. The summed E-state index contributed by atoms with van der Waals surface area (Å²) in [5, 5.41) is 12.8. The number of aryl methyl sites for hydroxylation is 2. The number of hydrogen-bond acceptors (Lipinski definition) is 8. The first-order valence-electron chi connectivity index (χ1n) is 7.92. The van der Waals surface area contributed by atoms with Gasteiger partial charge in [0.15, 0.2) is 5.75 Å². The number of halogens is 1. The van der Waals surface area contributed by atoms with Crippen LogP contribution in [0.3, 0.4) is 0 Å². The fraction of sp³-hybridized carbons (Fsp3) is 0.222. The summed E-state index contributed by atoms with van der Waals surface area (Å²) in [6, 6.07) is 9.23. The Kier molecular flexibility index (Phi) is 6.81. The highest BCUT2D eigenvalue weighted by atomic mass is 32.1. The molecule has 0 aliphatic heterocycles. The standard InChI is InChI=1S/C9H8N2O3S.C9H9NOS.FH/c1-5-10-6-3-4-7(14-2)8(11(12)13)9(6)15-5;1-6-10-8-4-3-7(11-2)5-9(8)12-6;/h3-4H,1-2H3;3-5H,1-2H3;1H. The van der Waals surface area contributed by atoms with Gasteiger partial charge >= 0.3 is 5.69 Å². The summed E-state index contributed by atoms with van der Waals surface area (Å²) in [6.07, 6.45) is 0. The smallest absolute Gasteiger partial charge is 0.330 e. The zero-order valence-corrected chi connectivity index (χ0v) is 17.2. The normalized spacial score (nSPS) is 10.1. The second-order valence-electron chi connectivity index (χ2n) is 5.52. The van der Waals surface area contributed by atoms with Gasteiger partial charge in [0.05, 0.1) is 44.9 Å². The number of nitro groups is 1. The molecule has 7 nitrogen and oxygen atoms in total. The van der Waals surface area contributed by atoms with Gasteiger partial charge in [-0.25, -0.2) is 9.97 Å². The van der Waals surface area contributed by atoms with Crippen molar-refractivity contribution in [2.75, 3.05) is 14.2 Å². The van der Waals surface area contributed by atoms with E-state index >= 15 is 0 Å². The van der Waals surface area contributed by atoms with Crippen molar-refractivity contribution < 1.29 is 19.1 Å². The van der Waals surface area contributed by atoms with Crippen LogP contribution in [0.5, 0.6) is 11.5 Å². The van der Waals surface area contributed by atoms with Crippen LogP contribution in [0.25, 0.3) is 20.4 Å². The minimum Gasteiger partial charge on any atom is -0.497 e. The number of hydrogen-bond donors (Lipinski definition) is 0. The lowest BCUT2D eigenvalue weighted by Gasteiger charge is -2.00. The van der Waals surface area contributed by atoms with E-state index in [1.165, 1.54) is 23.1 Å². The van der Waals surface area contributed by atoms with Gasteiger partial charge in [-0.05, 0) is 44.2 Å². The molecule has 0 bridgehead atoms. The molecular formula is C18H18FN3O4S2. The fourth-order valence-corrected chi connectivity index (χ4v) is 4.34. The molecule has 4 rings (SSSR count). The molecule has 148 valence electrons. The molecule has 0 radical (unpaired) electrons. The average Bonchev–Trinajstić information content (AvgIpc) is 3.20. The SMILES string of the molecule is COc1ccc2nc(C)sc2c1.COc1ccc2nc(C)sc2c1[N+](=O)[O-].F. The summed E-state index contributed by atoms with van der Waals surface area (Å²) < 4.78 is 11.8. The molecule has 10 heteroatoms. The quantitative estimate of drug-likeness (QED) is 0.329. The van der Waals surface area contributed by atoms with Crippen LogP contribution in [-0.2, 0) is 0 Å². The number of fused-ring (bicyclic) bond motifs is 2. The van der Waals surface area contributed by atoms with E-state index in [2.05, 4.69) is 9.97 Å². The third kappa shape index (κ3) is 4.34. The van der Waals surface area contributed by atoms with E-state index in [4.69, 9.17) is 9.47 Å². The van der Waals surface area contributed by atoms with Gasteiger partial charge < -0.3 is 9.47 Å². The maximum atomic E-state index is 10.9. The van der Waals surface area contributed by atoms with Gasteiger partial charge in [0.1, 0.15) is 10.4 Å². The molecule has 0 amide bonds. The maximum Gasteiger partial charge on any atom is 0.330 e. The van der Waals surface area contributed by atoms with Crippen molar-refractivity contribution in [3.8, 4) is 11.5 Å². The second kappa shape index (κ2) is 8.89. The molecule has 0 N–H and O–H groups in total. The molecule has 0 atom stereocenters. The average molecular weight is 423 g/mol. The van der Waals surface area contributed by atoms with E-state index in [9.17, 15) is 10.1 Å². The first-order valence-corrected chi connectivity index (χ1v) is 9.56. The number of benzene rings is 2. The van der Waals surface area contributed by atoms with E-state index < -0.39 is 4.92 Å². The third-order valence-corrected chi connectivity index (χ3v) is 5.63. The fourth-order valence-electron chi connectivity index (χ4n) is 2.56. The number of methoxy groups -OCH3 is 2. The number of thiazole rings is 2. The number of aromatic nitrogens is 2. The molecule has 0 spiro atoms. The van der Waals surface area contributed by atoms with E-state index in [0.717, 1.165) is 21.3 Å². The number of nitrogens with zero attached hydrogens (tertiary/aromatic N) is 3. The summed E-state index contributed by atoms with van der Waals surface area (Å²) in [5.74, 6) is 1.17. The predicted octanol–water partition coefficient (Wildman–Crippen LogP) is 5.29. The second-order valence-corrected chi connectivity index (χ2v) is 7.96. The van der Waals surface area contributed by atoms with Gasteiger partial charge in [0, 0.05) is 0 Å². The highest BCUT2D eigenvalue weighted by Gasteiger charge is 2.21. The molecule has 2 aromatic carbocycles. The van der Waals surface area contributed by atoms with Crippen LogP contribution >= 0.6 is 22.7 Å². The maximum absolute atomic E-state index is 10.9. The van der Waals surface area contributed by atoms with E-state index in [1.807, 2.05) is 32.0 Å². The lowest BCUT2D eigenvalue weighted by molar-refractivity contribution is -0.383. The molecule has 0 unspecified atom stereocenters. The summed E-state index contributed by atoms with van der Waals surface area (Å²) in [4.78, 5) is 19.0. The topological polar surface area (TPSA) is 87.4 Å². The molecule has 0 aliphatic carbocycles. The number of ether oxygens (including phenoxy) is 2. The predicted molar refractivity (Wildman–Crippen MR) is 111 cm³/mol. The third-order valence-electron chi connectivity index (χ3n) is 3.71. The molecule has 28 heavy (non-hydrogen) atoms. The van der Waals surface area contributed by atoms with Crippen molar-refractivity contribution in [1.29, 1.82) is 0 Å². The highest BCUT2D eigenvalue weighted by Crippen LogP contribution is 2.38. The van der Waals surface area contributed by atoms with Crippen LogP contribution in [0.4, 0.5) is 10.4 Å². The molecule has 2 aromatic heterocycles. The summed E-state index contributed by atoms with van der Waals surface area (Å²) in [5.41, 5.74) is 1.70. The van der Waals surface area contributed by atoms with Crippen LogP contribution in [0, 0.1) is 24.0 Å². The lowest BCUT2D eigenvalue weighted by Crippen LogP contribution is -1.93. The Bertz CT molecular complexity index is 1130. The minimum absolute atomic E-state index is 0. The Balaban J connectivity index is 0.000000198. The lowest BCUT2D eigenvalue weighted by atomic mass is 10.3. The minimum atomic E-state index is -0.432. The van der Waals surface area contributed by atoms with Crippen LogP contribution in [0.15, 0.2) is 30.3 Å². The Morgan fingerprint density at radius 2 is 1.61 bits per heavy atom. The largest absolute Gasteiger partial charge is 0.497 e. The summed E-state index contributed by atoms with van der Waals surface area (Å²) in [6.45, 7) is 3.83. The van der Waals surface area contributed by atoms with E-state index in [0.29, 0.717) is 10.2 Å². The van der Waals surface area contributed by atoms with Crippen LogP contribution in [0.1, 0.15) is 10.0 Å². The molecule has 0 saturated carbocycles. The Morgan fingerprint density at radius 1 is 0.964 bits per heavy atom. The van der Waals surface area contributed by atoms with Crippen molar-refractivity contribution in [3.05, 3.63) is 50.5 Å². The molecule has 0 saturated heterocycles. The van der Waals surface area contributed by atoms with Crippen molar-refractivity contribution >= 4 is 48.8 Å². The Labute approximate surface area is 168 Å². The van der Waals surface area contributed by atoms with Gasteiger partial charge in [-0.3, -0.25) is 14.8 Å². The van der Waals surface area contributed by atoms with Gasteiger partial charge in [0.25, 0.3) is 0 Å². The zero-order valence-electron chi connectivity index (χ0n) is 15.6. The van der Waals surface area contributed by atoms with Crippen molar-refractivity contribution in [2.45, 2.75) is 13.8 Å². The summed E-state index contributed by atoms with van der Waals surface area (Å²) >= 11 is 2.99. The zero-order chi connectivity index (χ0) is 19.6. The first-order chi connectivity index (χ1) is 12.9. The van der Waals surface area contributed by atoms with Gasteiger partial charge in [0.2, 0.25) is 0 Å². The van der Waals surface area contributed by atoms with E-state index in [1.54, 1.807) is 30.6 Å². The van der Waals surface area contributed by atoms with Gasteiger partial charge in [-0.15, -0.1) is 22.7 Å². The van der Waals surface area contributed by atoms with Gasteiger partial charge in [-0.2, -0.15) is 0 Å².